The fraction of sp³-hybridized carbons (Fsp3) is 1.00. The third-order valence-corrected chi connectivity index (χ3v) is 5.55. The van der Waals surface area contributed by atoms with Gasteiger partial charge in [-0.25, -0.2) is 17.2 Å². The van der Waals surface area contributed by atoms with Crippen LogP contribution in [0.1, 0.15) is 0 Å². The second-order valence-corrected chi connectivity index (χ2v) is 7.59. The molecule has 0 amide bonds. The maximum atomic E-state index is 13.6. The highest BCUT2D eigenvalue weighted by atomic mass is 32.2. The van der Waals surface area contributed by atoms with Crippen LogP contribution in [0.25, 0.3) is 0 Å². The van der Waals surface area contributed by atoms with Crippen LogP contribution in [0.15, 0.2) is 0 Å². The first-order valence-electron chi connectivity index (χ1n) is 6.98. The summed E-state index contributed by atoms with van der Waals surface area (Å²) < 4.78 is 184. The Kier molecular flexibility index (Phi) is 6.60. The number of rotatable bonds is 8. The summed E-state index contributed by atoms with van der Waals surface area (Å²) in [4.78, 5) is 0. The van der Waals surface area contributed by atoms with Gasteiger partial charge in [0.15, 0.2) is 0 Å². The van der Waals surface area contributed by atoms with Gasteiger partial charge in [-0.05, 0) is 0 Å². The van der Waals surface area contributed by atoms with Crippen molar-refractivity contribution in [3.05, 3.63) is 0 Å². The molecule has 4 nitrogen and oxygen atoms in total. The lowest BCUT2D eigenvalue weighted by atomic mass is 9.95. The summed E-state index contributed by atoms with van der Waals surface area (Å²) in [6.07, 6.45) is -5.62. The smallest absolute Gasteiger partial charge is 0.379 e. The highest BCUT2D eigenvalue weighted by molar-refractivity contribution is 7.89. The van der Waals surface area contributed by atoms with Crippen molar-refractivity contribution in [2.75, 3.05) is 32.1 Å². The van der Waals surface area contributed by atoms with Gasteiger partial charge < -0.3 is 4.74 Å². The Morgan fingerprint density at radius 1 is 0.786 bits per heavy atom. The minimum absolute atomic E-state index is 0.102. The lowest BCUT2D eigenvalue weighted by Gasteiger charge is -2.39. The fourth-order valence-corrected chi connectivity index (χ4v) is 3.54. The van der Waals surface area contributed by atoms with Crippen molar-refractivity contribution in [2.24, 2.45) is 0 Å². The van der Waals surface area contributed by atoms with E-state index in [1.807, 2.05) is 0 Å². The molecule has 0 bridgehead atoms. The minimum Gasteiger partial charge on any atom is -0.379 e. The Hall–Kier alpha value is -0.970. The number of alkyl halides is 12. The molecule has 0 aliphatic carbocycles. The first-order chi connectivity index (χ1) is 12.3. The SMILES string of the molecule is O=S(=O)(CC(F)(F)C(F)(F)C(F)(F)C(F)(F)C(F)(F)C(F)F)N1CCOCC1. The molecule has 0 aromatic carbocycles. The van der Waals surface area contributed by atoms with E-state index in [0.29, 0.717) is 0 Å². The number of hydrogen-bond donors (Lipinski definition) is 0. The zero-order valence-electron chi connectivity index (χ0n) is 13.2. The molecule has 1 rings (SSSR count). The van der Waals surface area contributed by atoms with Gasteiger partial charge in [-0.1, -0.05) is 0 Å². The van der Waals surface area contributed by atoms with Crippen molar-refractivity contribution in [2.45, 2.75) is 36.0 Å². The molecule has 0 unspecified atom stereocenters. The summed E-state index contributed by atoms with van der Waals surface area (Å²) in [6.45, 7) is -2.12. The largest absolute Gasteiger partial charge is 0.384 e. The van der Waals surface area contributed by atoms with Gasteiger partial charge in [-0.2, -0.15) is 48.2 Å². The number of nitrogens with zero attached hydrogens (tertiary/aromatic N) is 1. The molecule has 0 saturated carbocycles. The van der Waals surface area contributed by atoms with E-state index < -0.39 is 78.1 Å². The number of sulfonamides is 1. The van der Waals surface area contributed by atoms with Crippen LogP contribution in [0.3, 0.4) is 0 Å². The van der Waals surface area contributed by atoms with E-state index in [2.05, 4.69) is 4.74 Å². The lowest BCUT2D eigenvalue weighted by molar-refractivity contribution is -0.410. The summed E-state index contributed by atoms with van der Waals surface area (Å²) in [7, 11) is -5.47. The van der Waals surface area contributed by atoms with E-state index in [-0.39, 0.29) is 4.31 Å². The fourth-order valence-electron chi connectivity index (χ4n) is 2.01. The zero-order valence-corrected chi connectivity index (χ0v) is 14.0. The molecule has 28 heavy (non-hydrogen) atoms. The molecular weight excluding hydrogens is 454 g/mol. The molecule has 1 fully saturated rings. The molecule has 0 N–H and O–H groups in total. The highest BCUT2D eigenvalue weighted by Crippen LogP contribution is 2.58. The van der Waals surface area contributed by atoms with Crippen LogP contribution in [0, 0.1) is 0 Å². The summed E-state index contributed by atoms with van der Waals surface area (Å²) in [5.41, 5.74) is 0. The van der Waals surface area contributed by atoms with Crippen molar-refractivity contribution in [1.82, 2.24) is 4.31 Å². The van der Waals surface area contributed by atoms with Gasteiger partial charge >= 0.3 is 36.0 Å². The molecule has 1 saturated heterocycles. The molecule has 168 valence electrons. The van der Waals surface area contributed by atoms with E-state index in [9.17, 15) is 61.1 Å². The third-order valence-electron chi connectivity index (χ3n) is 3.67. The van der Waals surface area contributed by atoms with Crippen LogP contribution in [-0.4, -0.2) is 80.8 Å². The molecule has 0 aromatic rings. The molecule has 0 radical (unpaired) electrons. The molecule has 17 heteroatoms. The van der Waals surface area contributed by atoms with E-state index in [0.717, 1.165) is 0 Å². The topological polar surface area (TPSA) is 46.6 Å². The Balaban J connectivity index is 3.30. The van der Waals surface area contributed by atoms with E-state index in [4.69, 9.17) is 0 Å². The maximum Gasteiger partial charge on any atom is 0.384 e. The Morgan fingerprint density at radius 2 is 1.21 bits per heavy atom. The number of halogens is 12. The average Bonchev–Trinajstić information content (AvgIpc) is 2.53. The van der Waals surface area contributed by atoms with Crippen LogP contribution in [-0.2, 0) is 14.8 Å². The van der Waals surface area contributed by atoms with Gasteiger partial charge in [0.2, 0.25) is 10.0 Å². The van der Waals surface area contributed by atoms with Crippen LogP contribution in [0.5, 0.6) is 0 Å². The monoisotopic (exact) mass is 465 g/mol. The van der Waals surface area contributed by atoms with Gasteiger partial charge in [0.05, 0.1) is 13.2 Å². The summed E-state index contributed by atoms with van der Waals surface area (Å²) in [5, 5.41) is 0. The second kappa shape index (κ2) is 7.37. The van der Waals surface area contributed by atoms with Gasteiger partial charge in [-0.3, -0.25) is 0 Å². The van der Waals surface area contributed by atoms with E-state index in [1.165, 1.54) is 0 Å². The zero-order chi connectivity index (χ0) is 22.4. The number of ether oxygens (including phenoxy) is 1. The number of morpholine rings is 1. The lowest BCUT2D eigenvalue weighted by Crippen LogP contribution is -2.69. The van der Waals surface area contributed by atoms with Gasteiger partial charge in [0, 0.05) is 13.1 Å². The second-order valence-electron chi connectivity index (χ2n) is 5.62. The molecule has 0 spiro atoms. The van der Waals surface area contributed by atoms with Crippen LogP contribution in [0.2, 0.25) is 0 Å². The first kappa shape index (κ1) is 25.1. The highest BCUT2D eigenvalue weighted by Gasteiger charge is 2.88. The maximum absolute atomic E-state index is 13.6. The third kappa shape index (κ3) is 3.88. The summed E-state index contributed by atoms with van der Waals surface area (Å²) in [6, 6.07) is 0. The van der Waals surface area contributed by atoms with Crippen LogP contribution < -0.4 is 0 Å². The Bertz CT molecular complexity index is 660. The first-order valence-corrected chi connectivity index (χ1v) is 8.59. The van der Waals surface area contributed by atoms with E-state index >= 15 is 0 Å². The predicted octanol–water partition coefficient (Wildman–Crippen LogP) is 3.09. The van der Waals surface area contributed by atoms with Crippen molar-refractivity contribution in [3.63, 3.8) is 0 Å². The van der Waals surface area contributed by atoms with Gasteiger partial charge in [-0.15, -0.1) is 0 Å². The van der Waals surface area contributed by atoms with Crippen molar-refractivity contribution >= 4 is 10.0 Å². The predicted molar refractivity (Wildman–Crippen MR) is 66.9 cm³/mol. The molecule has 1 heterocycles. The molecule has 0 aromatic heterocycles. The summed E-state index contributed by atoms with van der Waals surface area (Å²) >= 11 is 0. The van der Waals surface area contributed by atoms with Crippen LogP contribution in [0.4, 0.5) is 52.7 Å². The molecule has 1 aliphatic heterocycles. The number of hydrogen-bond acceptors (Lipinski definition) is 3. The standard InChI is InChI=1S/C11H11F12NO3S/c12-6(13)8(16,17)10(20,21)11(22,23)9(18,19)7(14,15)5-28(25,26)24-1-3-27-4-2-24/h6H,1-5H2. The van der Waals surface area contributed by atoms with Crippen molar-refractivity contribution in [3.8, 4) is 0 Å². The van der Waals surface area contributed by atoms with Gasteiger partial charge in [0.25, 0.3) is 0 Å². The average molecular weight is 465 g/mol. The normalized spacial score (nSPS) is 19.3. The minimum atomic E-state index is -7.75. The molecule has 1 aliphatic rings. The van der Waals surface area contributed by atoms with Gasteiger partial charge in [0.1, 0.15) is 5.75 Å². The van der Waals surface area contributed by atoms with Crippen molar-refractivity contribution in [1.29, 1.82) is 0 Å². The summed E-state index contributed by atoms with van der Waals surface area (Å²) in [5.74, 6) is -39.7. The quantitative estimate of drug-likeness (QED) is 0.518. The molecule has 0 atom stereocenters. The Morgan fingerprint density at radius 3 is 1.61 bits per heavy atom. The Labute approximate surface area is 149 Å². The van der Waals surface area contributed by atoms with Crippen molar-refractivity contribution < 1.29 is 65.8 Å². The van der Waals surface area contributed by atoms with E-state index in [1.54, 1.807) is 0 Å². The van der Waals surface area contributed by atoms with Crippen LogP contribution >= 0.6 is 0 Å². The molecular formula is C11H11F12NO3S.